The molecule has 2 unspecified atom stereocenters. The van der Waals surface area contributed by atoms with Gasteiger partial charge in [0.1, 0.15) is 5.82 Å². The van der Waals surface area contributed by atoms with E-state index < -0.39 is 5.82 Å². The molecule has 2 atom stereocenters. The van der Waals surface area contributed by atoms with Gasteiger partial charge < -0.3 is 15.4 Å². The molecule has 0 saturated carbocycles. The number of hydrogen-bond acceptors (Lipinski definition) is 3. The number of nitrogens with zero attached hydrogens (tertiary/aromatic N) is 3. The van der Waals surface area contributed by atoms with Gasteiger partial charge in [-0.3, -0.25) is 0 Å². The Morgan fingerprint density at radius 1 is 1.42 bits per heavy atom. The number of H-pyrrole nitrogens is 1. The molecule has 1 fully saturated rings. The van der Waals surface area contributed by atoms with Crippen molar-refractivity contribution < 1.29 is 37.1 Å². The molecule has 0 aliphatic carbocycles. The molecule has 2 aliphatic rings. The van der Waals surface area contributed by atoms with E-state index >= 15 is 0 Å². The van der Waals surface area contributed by atoms with Crippen LogP contribution in [0.1, 0.15) is 30.1 Å². The van der Waals surface area contributed by atoms with Crippen molar-refractivity contribution in [3.8, 4) is 0 Å². The van der Waals surface area contributed by atoms with Gasteiger partial charge in [-0.2, -0.15) is 0 Å². The summed E-state index contributed by atoms with van der Waals surface area (Å²) in [6.07, 6.45) is 4.13. The Kier molecular flexibility index (Phi) is 5.47. The van der Waals surface area contributed by atoms with Gasteiger partial charge in [-0.05, 0) is 34.8 Å². The average Bonchev–Trinajstić information content (AvgIpc) is 2.77. The van der Waals surface area contributed by atoms with E-state index in [0.717, 1.165) is 24.1 Å². The largest absolute Gasteiger partial charge is 0.617 e. The summed E-state index contributed by atoms with van der Waals surface area (Å²) in [5.74, 6) is -0.425. The van der Waals surface area contributed by atoms with E-state index in [0.29, 0.717) is 15.9 Å². The van der Waals surface area contributed by atoms with Crippen molar-refractivity contribution in [1.82, 2.24) is 15.0 Å². The van der Waals surface area contributed by atoms with E-state index in [4.69, 9.17) is 11.6 Å². The van der Waals surface area contributed by atoms with Crippen LogP contribution in [0.15, 0.2) is 27.6 Å². The Labute approximate surface area is 176 Å². The minimum absolute atomic E-state index is 0. The first-order valence-corrected chi connectivity index (χ1v) is 8.42. The fourth-order valence-electron chi connectivity index (χ4n) is 3.36. The molecule has 5 nitrogen and oxygen atoms in total. The molecule has 2 aliphatic heterocycles. The van der Waals surface area contributed by atoms with E-state index in [1.165, 1.54) is 12.1 Å². The van der Waals surface area contributed by atoms with Gasteiger partial charge in [-0.1, -0.05) is 23.4 Å². The molecule has 4 rings (SSSR count). The Morgan fingerprint density at radius 2 is 2.21 bits per heavy atom. The third kappa shape index (κ3) is 3.21. The van der Waals surface area contributed by atoms with Gasteiger partial charge in [0.2, 0.25) is 0 Å². The van der Waals surface area contributed by atoms with Gasteiger partial charge in [0, 0.05) is 73.1 Å². The molecule has 1 radical (unpaired) electrons. The van der Waals surface area contributed by atoms with Crippen molar-refractivity contribution in [3.05, 3.63) is 60.8 Å². The predicted octanol–water partition coefficient (Wildman–Crippen LogP) is 4.00. The van der Waals surface area contributed by atoms with E-state index in [2.05, 4.69) is 31.3 Å². The number of halogens is 3. The number of aromatic amines is 1. The molecule has 0 spiro atoms. The number of fused-ring (bicyclic) bond motifs is 4. The minimum atomic E-state index is -0.425. The maximum absolute atomic E-state index is 14.1. The van der Waals surface area contributed by atoms with Gasteiger partial charge in [-0.15, -0.1) is 0 Å². The molecule has 3 heterocycles. The Morgan fingerprint density at radius 3 is 3.00 bits per heavy atom. The molecule has 9 heteroatoms. The van der Waals surface area contributed by atoms with Gasteiger partial charge in [0.25, 0.3) is 0 Å². The van der Waals surface area contributed by atoms with Crippen LogP contribution in [-0.4, -0.2) is 21.0 Å². The standard InChI is InChI=1S/C15H12BrClFN4O.Y/c16-9-4-11(18)13(5-10(9)17)21-22-7-1-2-14(22)8-6-19-15(23)20-12(8)3-7;/h4-7,14H,1-3H2,(H,19,20,23);/q-1;. The summed E-state index contributed by atoms with van der Waals surface area (Å²) < 4.78 is 14.6. The van der Waals surface area contributed by atoms with Crippen LogP contribution in [0.25, 0.3) is 5.43 Å². The summed E-state index contributed by atoms with van der Waals surface area (Å²) in [5.41, 5.74) is 6.26. The number of hydrogen-bond donors (Lipinski definition) is 1. The Balaban J connectivity index is 0.00000169. The normalized spacial score (nSPS) is 22.0. The van der Waals surface area contributed by atoms with Crippen molar-refractivity contribution in [3.63, 3.8) is 0 Å². The third-order valence-corrected chi connectivity index (χ3v) is 5.60. The number of nitrogens with one attached hydrogen (secondary N) is 1. The van der Waals surface area contributed by atoms with Gasteiger partial charge >= 0.3 is 5.69 Å². The number of aromatic nitrogens is 2. The van der Waals surface area contributed by atoms with Crippen LogP contribution in [0, 0.1) is 5.82 Å². The molecular weight excluding hydrogens is 475 g/mol. The van der Waals surface area contributed by atoms with Gasteiger partial charge in [0.05, 0.1) is 5.02 Å². The number of rotatable bonds is 2. The van der Waals surface area contributed by atoms with Crippen LogP contribution in [0.4, 0.5) is 10.1 Å². The monoisotopic (exact) mass is 486 g/mol. The topological polar surface area (TPSA) is 63.1 Å². The molecule has 1 N–H and O–H groups in total. The van der Waals surface area contributed by atoms with Crippen molar-refractivity contribution in [1.29, 1.82) is 0 Å². The second-order valence-electron chi connectivity index (χ2n) is 5.77. The van der Waals surface area contributed by atoms with Gasteiger partial charge in [0.15, 0.2) is 0 Å². The van der Waals surface area contributed by atoms with Crippen LogP contribution in [0.3, 0.4) is 0 Å². The molecular formula is C15H12BrClFN4OY-. The molecule has 1 aromatic heterocycles. The average molecular weight is 488 g/mol. The van der Waals surface area contributed by atoms with E-state index in [1.807, 2.05) is 5.01 Å². The summed E-state index contributed by atoms with van der Waals surface area (Å²) >= 11 is 9.25. The number of benzene rings is 1. The zero-order valence-electron chi connectivity index (χ0n) is 12.5. The van der Waals surface area contributed by atoms with E-state index in [-0.39, 0.29) is 56.2 Å². The minimum Gasteiger partial charge on any atom is -0.617 e. The molecule has 2 bridgehead atoms. The second-order valence-corrected chi connectivity index (χ2v) is 7.03. The SMILES string of the molecule is O=c1ncc2c([nH]1)CC1CCC2N1[N-]c1cc(Cl)c(Br)cc1F.[Y]. The fraction of sp³-hybridized carbons (Fsp3) is 0.333. The maximum atomic E-state index is 14.1. The smallest absolute Gasteiger partial charge is 0.345 e. The molecule has 1 aromatic carbocycles. The second kappa shape index (κ2) is 7.12. The van der Waals surface area contributed by atoms with E-state index in [9.17, 15) is 9.18 Å². The molecule has 1 saturated heterocycles. The summed E-state index contributed by atoms with van der Waals surface area (Å²) in [7, 11) is 0. The Bertz CT molecular complexity index is 849. The summed E-state index contributed by atoms with van der Waals surface area (Å²) in [4.78, 5) is 18.0. The molecule has 0 amide bonds. The van der Waals surface area contributed by atoms with Crippen LogP contribution in [-0.2, 0) is 39.1 Å². The quantitative estimate of drug-likeness (QED) is 0.652. The fourth-order valence-corrected chi connectivity index (χ4v) is 3.83. The predicted molar refractivity (Wildman–Crippen MR) is 88.3 cm³/mol. The zero-order chi connectivity index (χ0) is 16.1. The molecule has 24 heavy (non-hydrogen) atoms. The molecule has 2 aromatic rings. The zero-order valence-corrected chi connectivity index (χ0v) is 17.6. The van der Waals surface area contributed by atoms with Crippen molar-refractivity contribution in [2.24, 2.45) is 0 Å². The molecule has 123 valence electrons. The first-order chi connectivity index (χ1) is 11.0. The maximum Gasteiger partial charge on any atom is 0.345 e. The summed E-state index contributed by atoms with van der Waals surface area (Å²) in [6, 6.07) is 2.99. The summed E-state index contributed by atoms with van der Waals surface area (Å²) in [5, 5.41) is 2.34. The van der Waals surface area contributed by atoms with Crippen LogP contribution >= 0.6 is 27.5 Å². The third-order valence-electron chi connectivity index (χ3n) is 4.41. The first-order valence-electron chi connectivity index (χ1n) is 7.25. The van der Waals surface area contributed by atoms with Crippen LogP contribution in [0.5, 0.6) is 0 Å². The van der Waals surface area contributed by atoms with Gasteiger partial charge in [-0.25, -0.2) is 14.2 Å². The first kappa shape index (κ1) is 18.5. The van der Waals surface area contributed by atoms with Crippen LogP contribution in [0.2, 0.25) is 5.02 Å². The Hall–Kier alpha value is -0.336. The van der Waals surface area contributed by atoms with Crippen LogP contribution < -0.4 is 5.69 Å². The van der Waals surface area contributed by atoms with Crippen molar-refractivity contribution in [2.45, 2.75) is 31.3 Å². The summed E-state index contributed by atoms with van der Waals surface area (Å²) in [6.45, 7) is 0. The van der Waals surface area contributed by atoms with Crippen molar-refractivity contribution in [2.75, 3.05) is 0 Å². The van der Waals surface area contributed by atoms with E-state index in [1.54, 1.807) is 6.20 Å². The van der Waals surface area contributed by atoms with Crippen molar-refractivity contribution >= 4 is 33.2 Å².